The van der Waals surface area contributed by atoms with Crippen LogP contribution in [0.5, 0.6) is 0 Å². The lowest BCUT2D eigenvalue weighted by Gasteiger charge is -1.99. The van der Waals surface area contributed by atoms with Gasteiger partial charge in [0.2, 0.25) is 0 Å². The fourth-order valence-corrected chi connectivity index (χ4v) is 0.652. The van der Waals surface area contributed by atoms with Gasteiger partial charge in [0.15, 0.2) is 0 Å². The lowest BCUT2D eigenvalue weighted by molar-refractivity contribution is 0.216. The molecule has 0 aromatic heterocycles. The largest absolute Gasteiger partial charge is 0.267 e. The smallest absolute Gasteiger partial charge is 0.264 e. The van der Waals surface area contributed by atoms with E-state index in [9.17, 15) is 12.8 Å². The Morgan fingerprint density at radius 3 is 2.22 bits per heavy atom. The van der Waals surface area contributed by atoms with Gasteiger partial charge in [-0.3, -0.25) is 4.18 Å². The molecule has 1 atom stereocenters. The maximum Gasteiger partial charge on any atom is 0.264 e. The molecule has 9 heavy (non-hydrogen) atoms. The zero-order chi connectivity index (χ0) is 7.49. The van der Waals surface area contributed by atoms with E-state index in [1.165, 1.54) is 6.92 Å². The summed E-state index contributed by atoms with van der Waals surface area (Å²) < 4.78 is 36.2. The molecule has 0 bridgehead atoms. The van der Waals surface area contributed by atoms with Crippen molar-refractivity contribution in [3.05, 3.63) is 0 Å². The Balaban J connectivity index is 3.53. The summed E-state index contributed by atoms with van der Waals surface area (Å²) in [5.74, 6) is 0. The zero-order valence-corrected chi connectivity index (χ0v) is 6.11. The minimum absolute atomic E-state index is 0.390. The SMILES string of the molecule is C[C@@H](F)COS(C)(=O)=O. The highest BCUT2D eigenvalue weighted by atomic mass is 32.2. The third-order valence-electron chi connectivity index (χ3n) is 0.512. The van der Waals surface area contributed by atoms with Crippen LogP contribution in [0.15, 0.2) is 0 Å². The summed E-state index contributed by atoms with van der Waals surface area (Å²) in [5, 5.41) is 0. The molecule has 0 saturated heterocycles. The van der Waals surface area contributed by atoms with Gasteiger partial charge >= 0.3 is 0 Å². The van der Waals surface area contributed by atoms with E-state index in [1.54, 1.807) is 0 Å². The van der Waals surface area contributed by atoms with Crippen molar-refractivity contribution in [3.63, 3.8) is 0 Å². The molecule has 0 aliphatic heterocycles. The van der Waals surface area contributed by atoms with Crippen LogP contribution >= 0.6 is 0 Å². The fraction of sp³-hybridized carbons (Fsp3) is 1.00. The average molecular weight is 156 g/mol. The van der Waals surface area contributed by atoms with Gasteiger partial charge in [-0.25, -0.2) is 4.39 Å². The summed E-state index contributed by atoms with van der Waals surface area (Å²) in [5.41, 5.74) is 0. The van der Waals surface area contributed by atoms with E-state index in [0.717, 1.165) is 6.26 Å². The highest BCUT2D eigenvalue weighted by Gasteiger charge is 2.04. The van der Waals surface area contributed by atoms with Crippen LogP contribution in [0.1, 0.15) is 6.92 Å². The molecular weight excluding hydrogens is 147 g/mol. The first-order chi connectivity index (χ1) is 3.92. The predicted octanol–water partition coefficient (Wildman–Crippen LogP) is 0.321. The van der Waals surface area contributed by atoms with E-state index in [2.05, 4.69) is 4.18 Å². The predicted molar refractivity (Wildman–Crippen MR) is 31.4 cm³/mol. The molecule has 0 unspecified atom stereocenters. The van der Waals surface area contributed by atoms with E-state index in [-0.39, 0.29) is 0 Å². The standard InChI is InChI=1S/C4H9FO3S/c1-4(5)3-8-9(2,6)7/h4H,3H2,1-2H3/t4-/m1/s1. The van der Waals surface area contributed by atoms with Gasteiger partial charge in [0, 0.05) is 0 Å². The molecule has 0 amide bonds. The Bertz CT molecular complexity index is 161. The van der Waals surface area contributed by atoms with E-state index >= 15 is 0 Å². The first-order valence-electron chi connectivity index (χ1n) is 2.40. The van der Waals surface area contributed by atoms with E-state index in [1.807, 2.05) is 0 Å². The van der Waals surface area contributed by atoms with Gasteiger partial charge in [0.25, 0.3) is 10.1 Å². The lowest BCUT2D eigenvalue weighted by Crippen LogP contribution is -2.10. The van der Waals surface area contributed by atoms with Crippen molar-refractivity contribution < 1.29 is 17.0 Å². The minimum atomic E-state index is -3.46. The molecule has 0 radical (unpaired) electrons. The number of hydrogen-bond acceptors (Lipinski definition) is 3. The van der Waals surface area contributed by atoms with Crippen LogP contribution in [0.25, 0.3) is 0 Å². The van der Waals surface area contributed by atoms with Crippen molar-refractivity contribution in [1.82, 2.24) is 0 Å². The van der Waals surface area contributed by atoms with Crippen molar-refractivity contribution in [2.75, 3.05) is 12.9 Å². The summed E-state index contributed by atoms with van der Waals surface area (Å²) in [7, 11) is -3.46. The maximum absolute atomic E-state index is 11.8. The molecule has 0 fully saturated rings. The summed E-state index contributed by atoms with van der Waals surface area (Å²) >= 11 is 0. The molecule has 3 nitrogen and oxygen atoms in total. The van der Waals surface area contributed by atoms with Gasteiger partial charge in [0.1, 0.15) is 6.17 Å². The number of halogens is 1. The van der Waals surface area contributed by atoms with Crippen LogP contribution in [-0.2, 0) is 14.3 Å². The monoisotopic (exact) mass is 156 g/mol. The summed E-state index contributed by atoms with van der Waals surface area (Å²) in [6.07, 6.45) is -0.352. The molecule has 0 saturated carbocycles. The minimum Gasteiger partial charge on any atom is -0.267 e. The van der Waals surface area contributed by atoms with Crippen LogP contribution in [0.4, 0.5) is 4.39 Å². The molecule has 0 heterocycles. The summed E-state index contributed by atoms with van der Waals surface area (Å²) in [6.45, 7) is 0.837. The second-order valence-electron chi connectivity index (χ2n) is 1.77. The van der Waals surface area contributed by atoms with E-state index < -0.39 is 22.9 Å². The molecule has 56 valence electrons. The lowest BCUT2D eigenvalue weighted by atomic mass is 10.5. The van der Waals surface area contributed by atoms with Crippen molar-refractivity contribution in [3.8, 4) is 0 Å². The molecule has 0 spiro atoms. The molecular formula is C4H9FO3S. The van der Waals surface area contributed by atoms with Crippen LogP contribution in [-0.4, -0.2) is 27.5 Å². The van der Waals surface area contributed by atoms with Gasteiger partial charge in [-0.2, -0.15) is 8.42 Å². The Morgan fingerprint density at radius 2 is 2.11 bits per heavy atom. The Labute approximate surface area is 53.9 Å². The van der Waals surface area contributed by atoms with Gasteiger partial charge in [-0.05, 0) is 6.92 Å². The third-order valence-corrected chi connectivity index (χ3v) is 1.08. The second-order valence-corrected chi connectivity index (χ2v) is 3.41. The van der Waals surface area contributed by atoms with Crippen molar-refractivity contribution in [2.45, 2.75) is 13.1 Å². The molecule has 0 aromatic carbocycles. The van der Waals surface area contributed by atoms with Crippen molar-refractivity contribution in [2.24, 2.45) is 0 Å². The molecule has 5 heteroatoms. The Kier molecular flexibility index (Phi) is 3.07. The van der Waals surface area contributed by atoms with Crippen LogP contribution in [0.2, 0.25) is 0 Å². The average Bonchev–Trinajstić information content (AvgIpc) is 1.59. The van der Waals surface area contributed by atoms with Crippen LogP contribution in [0, 0.1) is 0 Å². The van der Waals surface area contributed by atoms with E-state index in [0.29, 0.717) is 0 Å². The summed E-state index contributed by atoms with van der Waals surface area (Å²) in [4.78, 5) is 0. The number of alkyl halides is 1. The number of rotatable bonds is 3. The third kappa shape index (κ3) is 7.84. The molecule has 0 N–H and O–H groups in total. The molecule has 0 aliphatic carbocycles. The van der Waals surface area contributed by atoms with Crippen LogP contribution in [0.3, 0.4) is 0 Å². The Morgan fingerprint density at radius 1 is 1.67 bits per heavy atom. The van der Waals surface area contributed by atoms with Gasteiger partial charge in [-0.1, -0.05) is 0 Å². The Hall–Kier alpha value is -0.160. The van der Waals surface area contributed by atoms with Crippen molar-refractivity contribution >= 4 is 10.1 Å². The highest BCUT2D eigenvalue weighted by Crippen LogP contribution is 1.92. The van der Waals surface area contributed by atoms with Crippen LogP contribution < -0.4 is 0 Å². The molecule has 0 aromatic rings. The fourth-order valence-electron chi connectivity index (χ4n) is 0.217. The molecule has 0 rings (SSSR count). The quantitative estimate of drug-likeness (QED) is 0.553. The van der Waals surface area contributed by atoms with Crippen molar-refractivity contribution in [1.29, 1.82) is 0 Å². The normalized spacial score (nSPS) is 15.4. The van der Waals surface area contributed by atoms with Gasteiger partial charge < -0.3 is 0 Å². The summed E-state index contributed by atoms with van der Waals surface area (Å²) in [6, 6.07) is 0. The number of hydrogen-bond donors (Lipinski definition) is 0. The molecule has 0 aliphatic rings. The van der Waals surface area contributed by atoms with E-state index in [4.69, 9.17) is 0 Å². The first kappa shape index (κ1) is 8.84. The van der Waals surface area contributed by atoms with Gasteiger partial charge in [-0.15, -0.1) is 0 Å². The first-order valence-corrected chi connectivity index (χ1v) is 4.22. The zero-order valence-electron chi connectivity index (χ0n) is 5.30. The topological polar surface area (TPSA) is 43.4 Å². The maximum atomic E-state index is 11.8. The highest BCUT2D eigenvalue weighted by molar-refractivity contribution is 7.85. The second kappa shape index (κ2) is 3.12. The van der Waals surface area contributed by atoms with Gasteiger partial charge in [0.05, 0.1) is 12.9 Å².